The lowest BCUT2D eigenvalue weighted by atomic mass is 9.77. The van der Waals surface area contributed by atoms with Gasteiger partial charge in [0.1, 0.15) is 5.82 Å². The number of fused-ring (bicyclic) bond motifs is 3. The summed E-state index contributed by atoms with van der Waals surface area (Å²) < 4.78 is 20.9. The van der Waals surface area contributed by atoms with Gasteiger partial charge in [-0.3, -0.25) is 19.2 Å². The number of anilines is 1. The topological polar surface area (TPSA) is 80.8 Å². The van der Waals surface area contributed by atoms with Crippen molar-refractivity contribution in [3.05, 3.63) is 101 Å². The van der Waals surface area contributed by atoms with Gasteiger partial charge in [-0.15, -0.1) is 0 Å². The first-order valence-corrected chi connectivity index (χ1v) is 10.9. The Kier molecular flexibility index (Phi) is 4.25. The molecule has 0 saturated carbocycles. The second-order valence-corrected chi connectivity index (χ2v) is 8.85. The molecule has 34 heavy (non-hydrogen) atoms. The zero-order valence-corrected chi connectivity index (χ0v) is 18.0. The molecule has 0 aromatic heterocycles. The van der Waals surface area contributed by atoms with Crippen LogP contribution in [0.5, 0.6) is 0 Å². The Bertz CT molecular complexity index is 1380. The molecule has 2 saturated heterocycles. The number of aryl methyl sites for hydroxylation is 1. The number of carbonyl (C=O) groups is 4. The summed E-state index contributed by atoms with van der Waals surface area (Å²) in [7, 11) is 0. The molecule has 0 radical (unpaired) electrons. The molecule has 0 N–H and O–H groups in total. The first kappa shape index (κ1) is 20.6. The van der Waals surface area contributed by atoms with Crippen LogP contribution in [0.25, 0.3) is 0 Å². The lowest BCUT2D eigenvalue weighted by Gasteiger charge is -2.27. The highest BCUT2D eigenvalue weighted by atomic mass is 19.1. The van der Waals surface area contributed by atoms with Crippen molar-refractivity contribution in [2.75, 3.05) is 4.90 Å². The Morgan fingerprint density at radius 1 is 0.794 bits per heavy atom. The van der Waals surface area contributed by atoms with E-state index >= 15 is 0 Å². The Morgan fingerprint density at radius 2 is 1.38 bits per heavy atom. The number of ketones is 2. The molecule has 2 amide bonds. The molecule has 3 aliphatic rings. The second-order valence-electron chi connectivity index (χ2n) is 8.85. The molecule has 6 nitrogen and oxygen atoms in total. The molecule has 2 aliphatic heterocycles. The number of halogens is 1. The van der Waals surface area contributed by atoms with Crippen LogP contribution in [0.15, 0.2) is 72.8 Å². The summed E-state index contributed by atoms with van der Waals surface area (Å²) in [5.74, 6) is -5.95. The summed E-state index contributed by atoms with van der Waals surface area (Å²) in [5.41, 5.74) is -0.661. The van der Waals surface area contributed by atoms with Gasteiger partial charge in [0.15, 0.2) is 0 Å². The number of rotatable bonds is 2. The van der Waals surface area contributed by atoms with Gasteiger partial charge in [0.25, 0.3) is 0 Å². The molecule has 6 rings (SSSR count). The fourth-order valence-corrected chi connectivity index (χ4v) is 5.45. The number of Topliss-reactive ketones (excluding diaryl/α,β-unsaturated/α-hetero) is 2. The van der Waals surface area contributed by atoms with Gasteiger partial charge >= 0.3 is 0 Å². The molecule has 1 aliphatic carbocycles. The van der Waals surface area contributed by atoms with Crippen LogP contribution in [0, 0.1) is 24.6 Å². The van der Waals surface area contributed by atoms with E-state index in [0.717, 1.165) is 10.5 Å². The van der Waals surface area contributed by atoms with E-state index in [1.165, 1.54) is 30.3 Å². The van der Waals surface area contributed by atoms with Crippen molar-refractivity contribution in [2.45, 2.75) is 18.6 Å². The number of amides is 2. The lowest BCUT2D eigenvalue weighted by Crippen LogP contribution is -2.51. The van der Waals surface area contributed by atoms with Gasteiger partial charge < -0.3 is 4.74 Å². The van der Waals surface area contributed by atoms with E-state index in [0.29, 0.717) is 5.69 Å². The van der Waals surface area contributed by atoms with Crippen LogP contribution >= 0.6 is 0 Å². The minimum atomic E-state index is -2.21. The minimum absolute atomic E-state index is 0.0258. The molecule has 3 aromatic carbocycles. The fourth-order valence-electron chi connectivity index (χ4n) is 5.45. The van der Waals surface area contributed by atoms with E-state index in [1.54, 1.807) is 42.5 Å². The van der Waals surface area contributed by atoms with Crippen molar-refractivity contribution in [1.82, 2.24) is 0 Å². The van der Waals surface area contributed by atoms with Gasteiger partial charge in [-0.2, -0.15) is 0 Å². The van der Waals surface area contributed by atoms with Crippen LogP contribution in [0.2, 0.25) is 0 Å². The number of imide groups is 1. The first-order chi connectivity index (χ1) is 16.4. The van der Waals surface area contributed by atoms with Crippen molar-refractivity contribution in [2.24, 2.45) is 11.8 Å². The molecular formula is C27H18FNO5. The third-order valence-electron chi connectivity index (χ3n) is 7.02. The van der Waals surface area contributed by atoms with Gasteiger partial charge in [0.2, 0.25) is 29.0 Å². The van der Waals surface area contributed by atoms with E-state index in [1.807, 2.05) is 6.92 Å². The molecule has 3 aromatic rings. The highest BCUT2D eigenvalue weighted by Crippen LogP contribution is 2.57. The Labute approximate surface area is 193 Å². The predicted molar refractivity (Wildman–Crippen MR) is 119 cm³/mol. The number of benzene rings is 3. The molecular weight excluding hydrogens is 437 g/mol. The van der Waals surface area contributed by atoms with Crippen LogP contribution in [0.4, 0.5) is 10.1 Å². The molecule has 3 atom stereocenters. The molecule has 2 fully saturated rings. The smallest absolute Gasteiger partial charge is 0.241 e. The average Bonchev–Trinajstić information content (AvgIpc) is 3.40. The largest absolute Gasteiger partial charge is 0.349 e. The molecule has 1 spiro atoms. The summed E-state index contributed by atoms with van der Waals surface area (Å²) in [4.78, 5) is 55.8. The van der Waals surface area contributed by atoms with Crippen molar-refractivity contribution < 1.29 is 28.3 Å². The van der Waals surface area contributed by atoms with Crippen molar-refractivity contribution in [3.63, 3.8) is 0 Å². The zero-order chi connectivity index (χ0) is 23.8. The maximum atomic E-state index is 14.9. The second kappa shape index (κ2) is 7.01. The third kappa shape index (κ3) is 2.47. The predicted octanol–water partition coefficient (Wildman–Crippen LogP) is 3.83. The minimum Gasteiger partial charge on any atom is -0.349 e. The van der Waals surface area contributed by atoms with Crippen LogP contribution < -0.4 is 4.90 Å². The van der Waals surface area contributed by atoms with Crippen LogP contribution in [-0.4, -0.2) is 29.0 Å². The van der Waals surface area contributed by atoms with Gasteiger partial charge in [-0.1, -0.05) is 60.2 Å². The quantitative estimate of drug-likeness (QED) is 0.433. The van der Waals surface area contributed by atoms with E-state index in [9.17, 15) is 23.6 Å². The SMILES string of the molecule is Cc1ccc(N2C(=O)[C@H]3[C@@H](c4ccccc4F)OC4(C(=O)c5ccccc5C4=O)[C@@H]3C2=O)cc1. The van der Waals surface area contributed by atoms with E-state index in [4.69, 9.17) is 4.74 Å². The molecule has 0 bridgehead atoms. The van der Waals surface area contributed by atoms with E-state index in [-0.39, 0.29) is 16.7 Å². The maximum absolute atomic E-state index is 14.9. The average molecular weight is 455 g/mol. The third-order valence-corrected chi connectivity index (χ3v) is 7.02. The molecule has 7 heteroatoms. The van der Waals surface area contributed by atoms with Gasteiger partial charge in [0.05, 0.1) is 23.6 Å². The summed E-state index contributed by atoms with van der Waals surface area (Å²) in [6.07, 6.45) is -1.28. The Hall–Kier alpha value is -3.97. The highest BCUT2D eigenvalue weighted by Gasteiger charge is 2.75. The fraction of sp³-hybridized carbons (Fsp3) is 0.185. The van der Waals surface area contributed by atoms with Crippen molar-refractivity contribution >= 4 is 29.1 Å². The summed E-state index contributed by atoms with van der Waals surface area (Å²) in [5, 5.41) is 0. The number of hydrogen-bond donors (Lipinski definition) is 0. The van der Waals surface area contributed by atoms with Crippen LogP contribution in [0.1, 0.15) is 37.9 Å². The van der Waals surface area contributed by atoms with Crippen LogP contribution in [-0.2, 0) is 14.3 Å². The van der Waals surface area contributed by atoms with Gasteiger partial charge in [0, 0.05) is 16.7 Å². The Morgan fingerprint density at radius 3 is 2.00 bits per heavy atom. The normalized spacial score (nSPS) is 24.8. The van der Waals surface area contributed by atoms with Crippen molar-refractivity contribution in [1.29, 1.82) is 0 Å². The van der Waals surface area contributed by atoms with Gasteiger partial charge in [-0.05, 0) is 25.1 Å². The Balaban J connectivity index is 1.56. The monoisotopic (exact) mass is 455 g/mol. The molecule has 0 unspecified atom stereocenters. The summed E-state index contributed by atoms with van der Waals surface area (Å²) >= 11 is 0. The number of nitrogens with zero attached hydrogens (tertiary/aromatic N) is 1. The first-order valence-electron chi connectivity index (χ1n) is 10.9. The standard InChI is InChI=1S/C27H18FNO5/c1-14-10-12-15(13-11-14)29-25(32)20-21(26(29)33)27(34-22(20)18-8-4-5-9-19(18)28)23(30)16-6-2-3-7-17(16)24(27)31/h2-13,20-22H,1H3/t20-,21+,22-/m1/s1. The molecule has 2 heterocycles. The summed E-state index contributed by atoms with van der Waals surface area (Å²) in [6, 6.07) is 18.7. The van der Waals surface area contributed by atoms with Crippen LogP contribution in [0.3, 0.4) is 0 Å². The van der Waals surface area contributed by atoms with E-state index < -0.39 is 52.7 Å². The summed E-state index contributed by atoms with van der Waals surface area (Å²) in [6.45, 7) is 1.87. The van der Waals surface area contributed by atoms with E-state index in [2.05, 4.69) is 0 Å². The number of hydrogen-bond acceptors (Lipinski definition) is 5. The van der Waals surface area contributed by atoms with Gasteiger partial charge in [-0.25, -0.2) is 9.29 Å². The van der Waals surface area contributed by atoms with Crippen molar-refractivity contribution in [3.8, 4) is 0 Å². The number of ether oxygens (including phenoxy) is 1. The number of carbonyl (C=O) groups excluding carboxylic acids is 4. The lowest BCUT2D eigenvalue weighted by molar-refractivity contribution is -0.127. The molecule has 168 valence electrons. The maximum Gasteiger partial charge on any atom is 0.241 e. The zero-order valence-electron chi connectivity index (χ0n) is 18.0. The highest BCUT2D eigenvalue weighted by molar-refractivity contribution is 6.37.